The molecule has 0 saturated heterocycles. The van der Waals surface area contributed by atoms with Crippen LogP contribution in [0.25, 0.3) is 0 Å². The van der Waals surface area contributed by atoms with Gasteiger partial charge in [-0.3, -0.25) is 4.79 Å². The number of hydrogen-bond donors (Lipinski definition) is 4. The van der Waals surface area contributed by atoms with E-state index in [2.05, 4.69) is 16.0 Å². The first-order valence-corrected chi connectivity index (χ1v) is 8.63. The highest BCUT2D eigenvalue weighted by Crippen LogP contribution is 2.14. The normalized spacial score (nSPS) is 12.5. The van der Waals surface area contributed by atoms with Crippen LogP contribution < -0.4 is 16.0 Å². The molecule has 0 aliphatic carbocycles. The molecule has 7 nitrogen and oxygen atoms in total. The molecule has 27 heavy (non-hydrogen) atoms. The third-order valence-electron chi connectivity index (χ3n) is 3.72. The van der Waals surface area contributed by atoms with Crippen LogP contribution in [0.1, 0.15) is 12.5 Å². The van der Waals surface area contributed by atoms with Crippen LogP contribution in [0.2, 0.25) is 5.02 Å². The van der Waals surface area contributed by atoms with E-state index >= 15 is 0 Å². The second kappa shape index (κ2) is 9.59. The van der Waals surface area contributed by atoms with Gasteiger partial charge < -0.3 is 21.1 Å². The number of carbonyl (C=O) groups excluding carboxylic acids is 2. The van der Waals surface area contributed by atoms with Gasteiger partial charge in [-0.25, -0.2) is 9.59 Å². The zero-order valence-electron chi connectivity index (χ0n) is 14.6. The van der Waals surface area contributed by atoms with Crippen molar-refractivity contribution in [3.8, 4) is 0 Å². The summed E-state index contributed by atoms with van der Waals surface area (Å²) in [7, 11) is 0. The molecule has 0 unspecified atom stereocenters. The molecule has 2 atom stereocenters. The molecule has 0 aromatic heterocycles. The summed E-state index contributed by atoms with van der Waals surface area (Å²) in [6.07, 6.45) is 0.142. The fourth-order valence-corrected chi connectivity index (χ4v) is 2.53. The van der Waals surface area contributed by atoms with Crippen molar-refractivity contribution in [1.82, 2.24) is 10.6 Å². The summed E-state index contributed by atoms with van der Waals surface area (Å²) < 4.78 is 0. The summed E-state index contributed by atoms with van der Waals surface area (Å²) in [4.78, 5) is 35.7. The molecule has 3 amide bonds. The van der Waals surface area contributed by atoms with E-state index in [0.29, 0.717) is 10.7 Å². The zero-order chi connectivity index (χ0) is 19.8. The number of nitrogens with one attached hydrogen (secondary N) is 3. The number of halogens is 1. The van der Waals surface area contributed by atoms with Gasteiger partial charge in [0, 0.05) is 17.1 Å². The van der Waals surface area contributed by atoms with E-state index in [4.69, 9.17) is 11.6 Å². The fourth-order valence-electron chi connectivity index (χ4n) is 2.34. The third-order valence-corrected chi connectivity index (χ3v) is 3.96. The Morgan fingerprint density at radius 2 is 1.74 bits per heavy atom. The molecule has 4 N–H and O–H groups in total. The number of carbonyl (C=O) groups is 3. The van der Waals surface area contributed by atoms with Crippen LogP contribution in [0.4, 0.5) is 10.5 Å². The van der Waals surface area contributed by atoms with E-state index in [1.54, 1.807) is 48.5 Å². The monoisotopic (exact) mass is 389 g/mol. The topological polar surface area (TPSA) is 108 Å². The van der Waals surface area contributed by atoms with Gasteiger partial charge in [-0.1, -0.05) is 48.0 Å². The molecule has 2 aromatic rings. The van der Waals surface area contributed by atoms with Crippen molar-refractivity contribution in [2.45, 2.75) is 25.4 Å². The Kier molecular flexibility index (Phi) is 7.19. The molecule has 2 rings (SSSR count). The Balaban J connectivity index is 1.90. The predicted molar refractivity (Wildman–Crippen MR) is 103 cm³/mol. The van der Waals surface area contributed by atoms with Gasteiger partial charge in [0.1, 0.15) is 12.1 Å². The Labute approximate surface area is 161 Å². The number of benzene rings is 2. The first kappa shape index (κ1) is 20.3. The zero-order valence-corrected chi connectivity index (χ0v) is 15.4. The highest BCUT2D eigenvalue weighted by molar-refractivity contribution is 6.30. The summed E-state index contributed by atoms with van der Waals surface area (Å²) in [5.74, 6) is -1.75. The number of anilines is 1. The summed E-state index contributed by atoms with van der Waals surface area (Å²) >= 11 is 5.85. The van der Waals surface area contributed by atoms with E-state index in [-0.39, 0.29) is 6.42 Å². The fraction of sp³-hybridized carbons (Fsp3) is 0.211. The molecular formula is C19H20ClN3O4. The molecule has 142 valence electrons. The molecule has 0 radical (unpaired) electrons. The third kappa shape index (κ3) is 6.63. The minimum absolute atomic E-state index is 0.142. The Bertz CT molecular complexity index is 814. The van der Waals surface area contributed by atoms with Gasteiger partial charge in [-0.15, -0.1) is 0 Å². The van der Waals surface area contributed by atoms with Crippen molar-refractivity contribution in [2.75, 3.05) is 5.32 Å². The quantitative estimate of drug-likeness (QED) is 0.583. The summed E-state index contributed by atoms with van der Waals surface area (Å²) in [5, 5.41) is 17.3. The first-order valence-electron chi connectivity index (χ1n) is 8.25. The lowest BCUT2D eigenvalue weighted by Crippen LogP contribution is -2.51. The molecule has 2 aromatic carbocycles. The van der Waals surface area contributed by atoms with Crippen LogP contribution in [0.3, 0.4) is 0 Å². The predicted octanol–water partition coefficient (Wildman–Crippen LogP) is 2.66. The lowest BCUT2D eigenvalue weighted by molar-refractivity contribution is -0.142. The van der Waals surface area contributed by atoms with Crippen LogP contribution in [0, 0.1) is 0 Å². The van der Waals surface area contributed by atoms with E-state index in [1.807, 2.05) is 6.07 Å². The number of carboxylic acids is 1. The van der Waals surface area contributed by atoms with Gasteiger partial charge in [0.25, 0.3) is 0 Å². The van der Waals surface area contributed by atoms with Crippen molar-refractivity contribution in [3.05, 3.63) is 65.2 Å². The summed E-state index contributed by atoms with van der Waals surface area (Å²) in [5.41, 5.74) is 1.25. The summed E-state index contributed by atoms with van der Waals surface area (Å²) in [6.45, 7) is 1.47. The molecule has 0 spiro atoms. The van der Waals surface area contributed by atoms with Gasteiger partial charge in [0.15, 0.2) is 0 Å². The van der Waals surface area contributed by atoms with Gasteiger partial charge >= 0.3 is 12.0 Å². The number of carboxylic acid groups (broad SMARTS) is 1. The molecule has 8 heteroatoms. The molecular weight excluding hydrogens is 370 g/mol. The maximum Gasteiger partial charge on any atom is 0.326 e. The first-order chi connectivity index (χ1) is 12.8. The maximum atomic E-state index is 12.3. The highest BCUT2D eigenvalue weighted by Gasteiger charge is 2.24. The van der Waals surface area contributed by atoms with Gasteiger partial charge in [0.05, 0.1) is 0 Å². The van der Waals surface area contributed by atoms with Gasteiger partial charge in [0.2, 0.25) is 5.91 Å². The van der Waals surface area contributed by atoms with E-state index in [9.17, 15) is 19.5 Å². The second-order valence-electron chi connectivity index (χ2n) is 5.92. The van der Waals surface area contributed by atoms with Crippen LogP contribution >= 0.6 is 11.6 Å². The van der Waals surface area contributed by atoms with Crippen LogP contribution in [0.15, 0.2) is 54.6 Å². The van der Waals surface area contributed by atoms with Crippen LogP contribution in [-0.4, -0.2) is 35.1 Å². The Hall–Kier alpha value is -3.06. The average Bonchev–Trinajstić information content (AvgIpc) is 2.61. The van der Waals surface area contributed by atoms with Crippen molar-refractivity contribution in [2.24, 2.45) is 0 Å². The molecule has 0 saturated carbocycles. The average molecular weight is 390 g/mol. The van der Waals surface area contributed by atoms with E-state index in [0.717, 1.165) is 5.56 Å². The second-order valence-corrected chi connectivity index (χ2v) is 6.36. The molecule has 0 bridgehead atoms. The van der Waals surface area contributed by atoms with E-state index in [1.165, 1.54) is 6.92 Å². The number of rotatable bonds is 7. The smallest absolute Gasteiger partial charge is 0.326 e. The van der Waals surface area contributed by atoms with Crippen LogP contribution in [0.5, 0.6) is 0 Å². The van der Waals surface area contributed by atoms with E-state index < -0.39 is 30.0 Å². The summed E-state index contributed by atoms with van der Waals surface area (Å²) in [6, 6.07) is 12.9. The Morgan fingerprint density at radius 3 is 2.37 bits per heavy atom. The maximum absolute atomic E-state index is 12.3. The van der Waals surface area contributed by atoms with Crippen molar-refractivity contribution >= 4 is 35.2 Å². The standard InChI is InChI=1S/C19H20ClN3O4/c1-12(21-19(27)22-15-9-5-8-14(20)11-15)17(24)23-16(18(25)26)10-13-6-3-2-4-7-13/h2-9,11-12,16H,10H2,1H3,(H,23,24)(H,25,26)(H2,21,22,27)/t12-,16+/m0/s1. The van der Waals surface area contributed by atoms with Gasteiger partial charge in [-0.2, -0.15) is 0 Å². The minimum atomic E-state index is -1.15. The molecule has 0 aliphatic heterocycles. The van der Waals surface area contributed by atoms with Crippen molar-refractivity contribution < 1.29 is 19.5 Å². The van der Waals surface area contributed by atoms with Crippen molar-refractivity contribution in [3.63, 3.8) is 0 Å². The molecule has 0 fully saturated rings. The van der Waals surface area contributed by atoms with Crippen LogP contribution in [-0.2, 0) is 16.0 Å². The number of amides is 3. The highest BCUT2D eigenvalue weighted by atomic mass is 35.5. The molecule has 0 aliphatic rings. The lowest BCUT2D eigenvalue weighted by Gasteiger charge is -2.19. The molecule has 0 heterocycles. The minimum Gasteiger partial charge on any atom is -0.480 e. The lowest BCUT2D eigenvalue weighted by atomic mass is 10.1. The van der Waals surface area contributed by atoms with Crippen molar-refractivity contribution in [1.29, 1.82) is 0 Å². The van der Waals surface area contributed by atoms with Gasteiger partial charge in [-0.05, 0) is 30.7 Å². The SMILES string of the molecule is C[C@H](NC(=O)Nc1cccc(Cl)c1)C(=O)N[C@H](Cc1ccccc1)C(=O)O. The number of urea groups is 1. The number of hydrogen-bond acceptors (Lipinski definition) is 3. The largest absolute Gasteiger partial charge is 0.480 e. The Morgan fingerprint density at radius 1 is 1.04 bits per heavy atom. The number of aliphatic carboxylic acids is 1.